The van der Waals surface area contributed by atoms with Gasteiger partial charge in [0.25, 0.3) is 11.7 Å². The number of carbonyl (C=O) groups is 2. The number of nitrogens with zero attached hydrogens (tertiary/aromatic N) is 1. The van der Waals surface area contributed by atoms with Gasteiger partial charge in [0.15, 0.2) is 0 Å². The summed E-state index contributed by atoms with van der Waals surface area (Å²) < 4.78 is 5.75. The van der Waals surface area contributed by atoms with Gasteiger partial charge in [-0.25, -0.2) is 0 Å². The molecule has 1 aliphatic rings. The summed E-state index contributed by atoms with van der Waals surface area (Å²) >= 11 is 0. The molecule has 1 saturated heterocycles. The van der Waals surface area contributed by atoms with Gasteiger partial charge in [0.05, 0.1) is 17.7 Å². The van der Waals surface area contributed by atoms with Gasteiger partial charge in [-0.1, -0.05) is 42.5 Å². The molecule has 1 atom stereocenters. The van der Waals surface area contributed by atoms with Gasteiger partial charge < -0.3 is 24.8 Å². The van der Waals surface area contributed by atoms with Gasteiger partial charge in [0.1, 0.15) is 17.3 Å². The number of rotatable bonds is 7. The maximum atomic E-state index is 13.3. The number of hydrogen-bond acceptors (Lipinski definition) is 5. The fourth-order valence-corrected chi connectivity index (χ4v) is 4.88. The number of amides is 1. The third kappa shape index (κ3) is 4.68. The summed E-state index contributed by atoms with van der Waals surface area (Å²) in [6, 6.07) is 20.3. The molecule has 1 fully saturated rings. The molecule has 37 heavy (non-hydrogen) atoms. The van der Waals surface area contributed by atoms with Crippen molar-refractivity contribution in [3.8, 4) is 11.5 Å². The van der Waals surface area contributed by atoms with Crippen LogP contribution in [0.3, 0.4) is 0 Å². The number of fused-ring (bicyclic) bond motifs is 1. The molecule has 1 aliphatic heterocycles. The SMILES string of the molecule is CC(C)Oc1cccc(/C(O)=C2\C(=O)C(=O)N(CCc3c[nH]c4ccccc34)C2c2cccc(O)c2)c1. The Kier molecular flexibility index (Phi) is 6.44. The molecule has 1 aromatic heterocycles. The highest BCUT2D eigenvalue weighted by atomic mass is 16.5. The fourth-order valence-electron chi connectivity index (χ4n) is 4.88. The lowest BCUT2D eigenvalue weighted by Crippen LogP contribution is -2.31. The Bertz CT molecular complexity index is 1520. The predicted octanol–water partition coefficient (Wildman–Crippen LogP) is 5.33. The highest BCUT2D eigenvalue weighted by molar-refractivity contribution is 6.46. The number of aromatic hydroxyl groups is 1. The normalized spacial score (nSPS) is 17.2. The molecule has 1 amide bonds. The Labute approximate surface area is 214 Å². The number of aromatic amines is 1. The van der Waals surface area contributed by atoms with Crippen LogP contribution < -0.4 is 4.74 Å². The minimum Gasteiger partial charge on any atom is -0.508 e. The Morgan fingerprint density at radius 1 is 1.03 bits per heavy atom. The van der Waals surface area contributed by atoms with E-state index < -0.39 is 17.7 Å². The highest BCUT2D eigenvalue weighted by Gasteiger charge is 2.46. The maximum Gasteiger partial charge on any atom is 0.295 e. The van der Waals surface area contributed by atoms with Gasteiger partial charge in [-0.3, -0.25) is 9.59 Å². The summed E-state index contributed by atoms with van der Waals surface area (Å²) in [5.74, 6) is -1.19. The van der Waals surface area contributed by atoms with Crippen LogP contribution in [0.1, 0.15) is 36.6 Å². The Morgan fingerprint density at radius 3 is 2.59 bits per heavy atom. The second-order valence-electron chi connectivity index (χ2n) is 9.39. The number of ether oxygens (including phenoxy) is 1. The first-order valence-electron chi connectivity index (χ1n) is 12.2. The number of hydrogen-bond donors (Lipinski definition) is 3. The van der Waals surface area contributed by atoms with Crippen LogP contribution in [-0.2, 0) is 16.0 Å². The quantitative estimate of drug-likeness (QED) is 0.182. The number of ketones is 1. The molecular formula is C30H28N2O5. The Balaban J connectivity index is 1.56. The van der Waals surface area contributed by atoms with Crippen LogP contribution in [0.25, 0.3) is 16.7 Å². The molecule has 1 unspecified atom stereocenters. The predicted molar refractivity (Wildman–Crippen MR) is 141 cm³/mol. The average Bonchev–Trinajstić information content (AvgIpc) is 3.40. The van der Waals surface area contributed by atoms with Crippen LogP contribution in [-0.4, -0.2) is 44.4 Å². The molecule has 0 radical (unpaired) electrons. The van der Waals surface area contributed by atoms with Crippen molar-refractivity contribution in [3.05, 3.63) is 101 Å². The number of benzene rings is 3. The number of aliphatic hydroxyl groups excluding tert-OH is 1. The number of phenolic OH excluding ortho intramolecular Hbond substituents is 1. The third-order valence-corrected chi connectivity index (χ3v) is 6.50. The maximum absolute atomic E-state index is 13.3. The smallest absolute Gasteiger partial charge is 0.295 e. The van der Waals surface area contributed by atoms with E-state index in [1.54, 1.807) is 36.4 Å². The van der Waals surface area contributed by atoms with E-state index in [-0.39, 0.29) is 29.7 Å². The molecule has 3 N–H and O–H groups in total. The molecule has 188 valence electrons. The molecule has 0 spiro atoms. The highest BCUT2D eigenvalue weighted by Crippen LogP contribution is 2.40. The number of nitrogens with one attached hydrogen (secondary N) is 1. The number of aliphatic hydroxyl groups is 1. The fraction of sp³-hybridized carbons (Fsp3) is 0.200. The molecule has 3 aromatic carbocycles. The largest absolute Gasteiger partial charge is 0.508 e. The third-order valence-electron chi connectivity index (χ3n) is 6.50. The lowest BCUT2D eigenvalue weighted by molar-refractivity contribution is -0.139. The van der Waals surface area contributed by atoms with Crippen molar-refractivity contribution in [3.63, 3.8) is 0 Å². The molecule has 0 saturated carbocycles. The molecule has 4 aromatic rings. The Morgan fingerprint density at radius 2 is 1.81 bits per heavy atom. The van der Waals surface area contributed by atoms with E-state index in [1.807, 2.05) is 44.3 Å². The summed E-state index contributed by atoms with van der Waals surface area (Å²) in [6.07, 6.45) is 2.34. The van der Waals surface area contributed by atoms with Gasteiger partial charge >= 0.3 is 0 Å². The molecule has 5 rings (SSSR count). The van der Waals surface area contributed by atoms with Crippen LogP contribution in [0.15, 0.2) is 84.6 Å². The van der Waals surface area contributed by atoms with E-state index >= 15 is 0 Å². The van der Waals surface area contributed by atoms with E-state index in [1.165, 1.54) is 17.0 Å². The van der Waals surface area contributed by atoms with E-state index in [2.05, 4.69) is 4.98 Å². The summed E-state index contributed by atoms with van der Waals surface area (Å²) in [4.78, 5) is 31.3. The first-order valence-corrected chi connectivity index (χ1v) is 12.2. The summed E-state index contributed by atoms with van der Waals surface area (Å²) in [6.45, 7) is 4.04. The second-order valence-corrected chi connectivity index (χ2v) is 9.39. The summed E-state index contributed by atoms with van der Waals surface area (Å²) in [5.41, 5.74) is 2.90. The van der Waals surface area contributed by atoms with Crippen LogP contribution in [0, 0.1) is 0 Å². The minimum atomic E-state index is -0.855. The molecule has 7 heteroatoms. The van der Waals surface area contributed by atoms with Crippen molar-refractivity contribution in [2.24, 2.45) is 0 Å². The molecule has 7 nitrogen and oxygen atoms in total. The van der Waals surface area contributed by atoms with Crippen molar-refractivity contribution in [1.29, 1.82) is 0 Å². The Hall–Kier alpha value is -4.52. The number of carbonyl (C=O) groups excluding carboxylic acids is 2. The minimum absolute atomic E-state index is 0.00653. The second kappa shape index (κ2) is 9.85. The van der Waals surface area contributed by atoms with Gasteiger partial charge in [-0.15, -0.1) is 0 Å². The zero-order chi connectivity index (χ0) is 26.1. The first kappa shape index (κ1) is 24.2. The molecule has 0 bridgehead atoms. The molecule has 0 aliphatic carbocycles. The zero-order valence-corrected chi connectivity index (χ0v) is 20.6. The monoisotopic (exact) mass is 496 g/mol. The zero-order valence-electron chi connectivity index (χ0n) is 20.6. The van der Waals surface area contributed by atoms with Crippen molar-refractivity contribution in [2.75, 3.05) is 6.54 Å². The lowest BCUT2D eigenvalue weighted by Gasteiger charge is -2.25. The number of likely N-dealkylation sites (tertiary alicyclic amines) is 1. The van der Waals surface area contributed by atoms with Crippen LogP contribution >= 0.6 is 0 Å². The van der Waals surface area contributed by atoms with Crippen molar-refractivity contribution >= 4 is 28.4 Å². The van der Waals surface area contributed by atoms with Crippen molar-refractivity contribution < 1.29 is 24.5 Å². The molecule has 2 heterocycles. The van der Waals surface area contributed by atoms with Gasteiger partial charge in [-0.2, -0.15) is 0 Å². The van der Waals surface area contributed by atoms with Crippen LogP contribution in [0.5, 0.6) is 11.5 Å². The van der Waals surface area contributed by atoms with Gasteiger partial charge in [-0.05, 0) is 61.7 Å². The molecular weight excluding hydrogens is 468 g/mol. The van der Waals surface area contributed by atoms with Crippen molar-refractivity contribution in [2.45, 2.75) is 32.4 Å². The van der Waals surface area contributed by atoms with E-state index in [9.17, 15) is 19.8 Å². The standard InChI is InChI=1S/C30H28N2O5/c1-18(2)37-23-10-6-8-20(16-23)28(34)26-27(19-7-5-9-22(33)15-19)32(30(36)29(26)35)14-13-21-17-31-25-12-4-3-11-24(21)25/h3-12,15-18,27,31,33-34H,13-14H2,1-2H3/b28-26+. The van der Waals surface area contributed by atoms with Crippen LogP contribution in [0.2, 0.25) is 0 Å². The number of H-pyrrole nitrogens is 1. The van der Waals surface area contributed by atoms with Gasteiger partial charge in [0, 0.05) is 29.2 Å². The number of para-hydroxylation sites is 1. The van der Waals surface area contributed by atoms with E-state index in [4.69, 9.17) is 4.74 Å². The number of Topliss-reactive ketones (excluding diaryl/α,β-unsaturated/α-hetero) is 1. The summed E-state index contributed by atoms with van der Waals surface area (Å²) in [5, 5.41) is 22.6. The van der Waals surface area contributed by atoms with Crippen LogP contribution in [0.4, 0.5) is 0 Å². The first-order chi connectivity index (χ1) is 17.8. The summed E-state index contributed by atoms with van der Waals surface area (Å²) in [7, 11) is 0. The van der Waals surface area contributed by atoms with Gasteiger partial charge in [0.2, 0.25) is 0 Å². The lowest BCUT2D eigenvalue weighted by atomic mass is 9.95. The van der Waals surface area contributed by atoms with Crippen molar-refractivity contribution in [1.82, 2.24) is 9.88 Å². The average molecular weight is 497 g/mol. The number of aromatic nitrogens is 1. The van der Waals surface area contributed by atoms with E-state index in [0.29, 0.717) is 23.3 Å². The topological polar surface area (TPSA) is 103 Å². The van der Waals surface area contributed by atoms with E-state index in [0.717, 1.165) is 16.5 Å². The number of phenols is 1.